The van der Waals surface area contributed by atoms with Gasteiger partial charge in [0.2, 0.25) is 0 Å². The van der Waals surface area contributed by atoms with Gasteiger partial charge in [-0.05, 0) is 71.8 Å². The second-order valence-corrected chi connectivity index (χ2v) is 13.7. The monoisotopic (exact) mass is 655 g/mol. The maximum Gasteiger partial charge on any atom is 0.160 e. The molecule has 0 spiro atoms. The van der Waals surface area contributed by atoms with Crippen molar-refractivity contribution in [3.05, 3.63) is 176 Å². The minimum Gasteiger partial charge on any atom is -0.309 e. The predicted octanol–water partition coefficient (Wildman–Crippen LogP) is 12.6. The van der Waals surface area contributed by atoms with Crippen molar-refractivity contribution in [2.75, 3.05) is 0 Å². The van der Waals surface area contributed by atoms with Crippen LogP contribution < -0.4 is 0 Å². The lowest BCUT2D eigenvalue weighted by molar-refractivity contribution is 1.18. The number of hydrogen-bond acceptors (Lipinski definition) is 3. The zero-order valence-corrected chi connectivity index (χ0v) is 27.8. The van der Waals surface area contributed by atoms with E-state index in [1.54, 1.807) is 0 Å². The van der Waals surface area contributed by atoms with Crippen molar-refractivity contribution >= 4 is 53.3 Å². The summed E-state index contributed by atoms with van der Waals surface area (Å²) in [5.41, 5.74) is 11.0. The van der Waals surface area contributed by atoms with E-state index in [1.165, 1.54) is 53.1 Å². The Hall–Kier alpha value is -6.36. The Kier molecular flexibility index (Phi) is 6.68. The van der Waals surface area contributed by atoms with Gasteiger partial charge in [-0.2, -0.15) is 0 Å². The van der Waals surface area contributed by atoms with Gasteiger partial charge in [-0.1, -0.05) is 115 Å². The number of benzene rings is 7. The Morgan fingerprint density at radius 2 is 0.840 bits per heavy atom. The molecule has 0 aliphatic heterocycles. The second-order valence-electron chi connectivity index (χ2n) is 12.6. The molecule has 0 bridgehead atoms. The molecule has 0 aliphatic rings. The standard InChI is InChI=1S/C46H29N3S/c1-3-11-31(12-4-1)40-29-41(32-13-5-2-6-14-32)48-46(47-40)34-22-26-45-39(28-34)38-27-33(21-25-44(38)50-45)30-19-23-35(24-20-30)49-42-17-9-7-15-36(42)37-16-8-10-18-43(37)49/h1-29H. The summed E-state index contributed by atoms with van der Waals surface area (Å²) < 4.78 is 4.89. The first-order valence-corrected chi connectivity index (χ1v) is 17.6. The molecule has 10 aromatic rings. The molecule has 0 aliphatic carbocycles. The largest absolute Gasteiger partial charge is 0.309 e. The number of fused-ring (bicyclic) bond motifs is 6. The third kappa shape index (κ3) is 4.80. The minimum atomic E-state index is 0.725. The highest BCUT2D eigenvalue weighted by Gasteiger charge is 2.15. The van der Waals surface area contributed by atoms with Gasteiger partial charge in [0.05, 0.1) is 22.4 Å². The highest BCUT2D eigenvalue weighted by atomic mass is 32.1. The van der Waals surface area contributed by atoms with Gasteiger partial charge in [-0.15, -0.1) is 11.3 Å². The molecule has 234 valence electrons. The molecule has 0 amide bonds. The van der Waals surface area contributed by atoms with Crippen molar-refractivity contribution in [2.24, 2.45) is 0 Å². The Balaban J connectivity index is 1.06. The van der Waals surface area contributed by atoms with Gasteiger partial charge >= 0.3 is 0 Å². The number of para-hydroxylation sites is 2. The van der Waals surface area contributed by atoms with Crippen LogP contribution in [-0.2, 0) is 0 Å². The Labute approximate surface area is 293 Å². The first-order valence-electron chi connectivity index (χ1n) is 16.8. The zero-order valence-electron chi connectivity index (χ0n) is 27.0. The van der Waals surface area contributed by atoms with Crippen LogP contribution in [0.3, 0.4) is 0 Å². The lowest BCUT2D eigenvalue weighted by Crippen LogP contribution is -1.95. The summed E-state index contributed by atoms with van der Waals surface area (Å²) in [6.45, 7) is 0. The SMILES string of the molecule is c1ccc(-c2cc(-c3ccccc3)nc(-c3ccc4sc5ccc(-c6ccc(-n7c8ccccc8c8ccccc87)cc6)cc5c4c3)n2)cc1. The zero-order chi connectivity index (χ0) is 33.0. The number of aromatic nitrogens is 3. The lowest BCUT2D eigenvalue weighted by Gasteiger charge is -2.10. The molecule has 3 heterocycles. The molecule has 0 unspecified atom stereocenters. The highest BCUT2D eigenvalue weighted by Crippen LogP contribution is 2.39. The summed E-state index contributed by atoms with van der Waals surface area (Å²) >= 11 is 1.83. The normalized spacial score (nSPS) is 11.6. The lowest BCUT2D eigenvalue weighted by atomic mass is 10.0. The maximum atomic E-state index is 5.09. The summed E-state index contributed by atoms with van der Waals surface area (Å²) in [5.74, 6) is 0.725. The van der Waals surface area contributed by atoms with Crippen LogP contribution in [0.4, 0.5) is 0 Å². The molecule has 3 nitrogen and oxygen atoms in total. The molecule has 10 rings (SSSR count). The molecule has 0 N–H and O–H groups in total. The fourth-order valence-electron chi connectivity index (χ4n) is 7.19. The van der Waals surface area contributed by atoms with E-state index in [-0.39, 0.29) is 0 Å². The Morgan fingerprint density at radius 1 is 0.360 bits per heavy atom. The Bertz CT molecular complexity index is 2740. The summed E-state index contributed by atoms with van der Waals surface area (Å²) in [5, 5.41) is 5.02. The summed E-state index contributed by atoms with van der Waals surface area (Å²) in [7, 11) is 0. The summed E-state index contributed by atoms with van der Waals surface area (Å²) in [6.07, 6.45) is 0. The second kappa shape index (κ2) is 11.7. The molecule has 4 heteroatoms. The topological polar surface area (TPSA) is 30.7 Å². The van der Waals surface area contributed by atoms with E-state index in [0.29, 0.717) is 0 Å². The molecular weight excluding hydrogens is 627 g/mol. The van der Waals surface area contributed by atoms with E-state index in [9.17, 15) is 0 Å². The summed E-state index contributed by atoms with van der Waals surface area (Å²) in [4.78, 5) is 10.2. The van der Waals surface area contributed by atoms with Crippen molar-refractivity contribution in [1.82, 2.24) is 14.5 Å². The van der Waals surface area contributed by atoms with Crippen molar-refractivity contribution in [1.29, 1.82) is 0 Å². The molecule has 0 atom stereocenters. The molecular formula is C46H29N3S. The first kappa shape index (κ1) is 28.6. The van der Waals surface area contributed by atoms with Crippen LogP contribution in [0.15, 0.2) is 176 Å². The maximum absolute atomic E-state index is 5.09. The average Bonchev–Trinajstić information content (AvgIpc) is 3.73. The van der Waals surface area contributed by atoms with Crippen LogP contribution in [0.5, 0.6) is 0 Å². The van der Waals surface area contributed by atoms with Crippen LogP contribution in [0.2, 0.25) is 0 Å². The fraction of sp³-hybridized carbons (Fsp3) is 0. The molecule has 0 fully saturated rings. The van der Waals surface area contributed by atoms with Gasteiger partial charge in [0.1, 0.15) is 0 Å². The quantitative estimate of drug-likeness (QED) is 0.185. The van der Waals surface area contributed by atoms with Gasteiger partial charge in [0.25, 0.3) is 0 Å². The van der Waals surface area contributed by atoms with E-state index in [0.717, 1.165) is 39.6 Å². The van der Waals surface area contributed by atoms with E-state index in [1.807, 2.05) is 23.5 Å². The summed E-state index contributed by atoms with van der Waals surface area (Å²) in [6, 6.07) is 62.5. The van der Waals surface area contributed by atoms with Crippen LogP contribution in [0.25, 0.3) is 92.7 Å². The molecule has 7 aromatic carbocycles. The molecule has 0 saturated carbocycles. The van der Waals surface area contributed by atoms with E-state index < -0.39 is 0 Å². The minimum absolute atomic E-state index is 0.725. The van der Waals surface area contributed by atoms with Gasteiger partial charge in [-0.25, -0.2) is 9.97 Å². The van der Waals surface area contributed by atoms with E-state index in [4.69, 9.17) is 9.97 Å². The van der Waals surface area contributed by atoms with Gasteiger partial charge < -0.3 is 4.57 Å². The average molecular weight is 656 g/mol. The fourth-order valence-corrected chi connectivity index (χ4v) is 8.26. The van der Waals surface area contributed by atoms with Crippen molar-refractivity contribution in [3.8, 4) is 50.7 Å². The van der Waals surface area contributed by atoms with Crippen molar-refractivity contribution in [3.63, 3.8) is 0 Å². The first-order chi connectivity index (χ1) is 24.8. The van der Waals surface area contributed by atoms with Crippen LogP contribution >= 0.6 is 11.3 Å². The van der Waals surface area contributed by atoms with Crippen LogP contribution in [0, 0.1) is 0 Å². The molecule has 50 heavy (non-hydrogen) atoms. The molecule has 0 saturated heterocycles. The van der Waals surface area contributed by atoms with E-state index >= 15 is 0 Å². The van der Waals surface area contributed by atoms with Crippen LogP contribution in [0.1, 0.15) is 0 Å². The number of thiophene rings is 1. The third-order valence-electron chi connectivity index (χ3n) is 9.63. The third-order valence-corrected chi connectivity index (χ3v) is 10.8. The van der Waals surface area contributed by atoms with Crippen LogP contribution in [-0.4, -0.2) is 14.5 Å². The van der Waals surface area contributed by atoms with Crippen molar-refractivity contribution in [2.45, 2.75) is 0 Å². The van der Waals surface area contributed by atoms with Gasteiger partial charge in [0, 0.05) is 53.3 Å². The molecule has 0 radical (unpaired) electrons. The van der Waals surface area contributed by atoms with Gasteiger partial charge in [-0.3, -0.25) is 0 Å². The predicted molar refractivity (Wildman–Crippen MR) is 211 cm³/mol. The smallest absolute Gasteiger partial charge is 0.160 e. The number of hydrogen-bond donors (Lipinski definition) is 0. The van der Waals surface area contributed by atoms with Crippen molar-refractivity contribution < 1.29 is 0 Å². The number of nitrogens with zero attached hydrogens (tertiary/aromatic N) is 3. The van der Waals surface area contributed by atoms with E-state index in [2.05, 4.69) is 168 Å². The van der Waals surface area contributed by atoms with Gasteiger partial charge in [0.15, 0.2) is 5.82 Å². The highest BCUT2D eigenvalue weighted by molar-refractivity contribution is 7.25. The molecule has 3 aromatic heterocycles. The Morgan fingerprint density at radius 3 is 1.42 bits per heavy atom. The number of rotatable bonds is 5.